The van der Waals surface area contributed by atoms with Gasteiger partial charge in [-0.1, -0.05) is 12.1 Å². The van der Waals surface area contributed by atoms with Crippen LogP contribution in [0.5, 0.6) is 0 Å². The minimum atomic E-state index is -0.0523. The molecule has 0 spiro atoms. The van der Waals surface area contributed by atoms with Gasteiger partial charge >= 0.3 is 0 Å². The predicted molar refractivity (Wildman–Crippen MR) is 132 cm³/mol. The van der Waals surface area contributed by atoms with Crippen LogP contribution in [0.3, 0.4) is 0 Å². The Hall–Kier alpha value is -2.74. The molecule has 0 atom stereocenters. The van der Waals surface area contributed by atoms with Gasteiger partial charge in [0, 0.05) is 73.1 Å². The lowest BCUT2D eigenvalue weighted by Gasteiger charge is -2.35. The number of anilines is 1. The zero-order valence-electron chi connectivity index (χ0n) is 19.0. The molecule has 2 aromatic carbocycles. The Morgan fingerprint density at radius 2 is 1.61 bits per heavy atom. The summed E-state index contributed by atoms with van der Waals surface area (Å²) in [6, 6.07) is 9.74. The van der Waals surface area contributed by atoms with E-state index in [1.54, 1.807) is 0 Å². The van der Waals surface area contributed by atoms with E-state index in [0.29, 0.717) is 6.54 Å². The van der Waals surface area contributed by atoms with Gasteiger partial charge in [-0.2, -0.15) is 0 Å². The van der Waals surface area contributed by atoms with Crippen molar-refractivity contribution < 1.29 is 4.79 Å². The summed E-state index contributed by atoms with van der Waals surface area (Å²) in [5, 5.41) is 6.00. The fraction of sp³-hybridized carbons (Fsp3) is 0.462. The number of nitrogens with one attached hydrogen (secondary N) is 2. The van der Waals surface area contributed by atoms with Crippen LogP contribution in [-0.4, -0.2) is 84.5 Å². The van der Waals surface area contributed by atoms with Crippen molar-refractivity contribution in [3.8, 4) is 0 Å². The molecule has 0 radical (unpaired) electrons. The molecular formula is C26H31N5O2. The van der Waals surface area contributed by atoms with E-state index in [4.69, 9.17) is 0 Å². The third-order valence-corrected chi connectivity index (χ3v) is 7.61. The largest absolute Gasteiger partial charge is 0.325 e. The van der Waals surface area contributed by atoms with Crippen molar-refractivity contribution in [3.05, 3.63) is 51.8 Å². The summed E-state index contributed by atoms with van der Waals surface area (Å²) in [5.41, 5.74) is 3.92. The number of H-pyrrole nitrogens is 1. The van der Waals surface area contributed by atoms with E-state index >= 15 is 0 Å². The first-order valence-electron chi connectivity index (χ1n) is 12.2. The zero-order valence-corrected chi connectivity index (χ0v) is 19.0. The van der Waals surface area contributed by atoms with E-state index in [0.717, 1.165) is 77.6 Å². The van der Waals surface area contributed by atoms with Gasteiger partial charge in [0.1, 0.15) is 0 Å². The molecule has 3 aromatic rings. The molecule has 3 aliphatic rings. The van der Waals surface area contributed by atoms with Gasteiger partial charge in [0.05, 0.1) is 6.54 Å². The van der Waals surface area contributed by atoms with E-state index in [2.05, 4.69) is 31.1 Å². The number of pyridine rings is 1. The maximum Gasteiger partial charge on any atom is 0.256 e. The lowest BCUT2D eigenvalue weighted by molar-refractivity contribution is -0.117. The van der Waals surface area contributed by atoms with Crippen molar-refractivity contribution >= 4 is 33.3 Å². The molecule has 172 valence electrons. The fourth-order valence-corrected chi connectivity index (χ4v) is 5.80. The number of aromatic amines is 1. The maximum absolute atomic E-state index is 12.9. The Morgan fingerprint density at radius 3 is 2.39 bits per heavy atom. The highest BCUT2D eigenvalue weighted by molar-refractivity contribution is 6.14. The number of aromatic nitrogens is 1. The van der Waals surface area contributed by atoms with E-state index in [-0.39, 0.29) is 11.5 Å². The number of likely N-dealkylation sites (tertiary alicyclic amines) is 1. The molecule has 33 heavy (non-hydrogen) atoms. The molecule has 1 aromatic heterocycles. The standard InChI is InChI=1S/C26H31N5O2/c32-23(17-31-14-12-30(13-15-31)11-10-29-8-1-2-9-29)27-21-6-7-22-25-20(21)16-18-4-3-5-19(24(18)25)26(33)28-22/h3-7H,1-2,8-17H2,(H,27,32)(H,28,33). The average Bonchev–Trinajstić information content (AvgIpc) is 3.48. The van der Waals surface area contributed by atoms with E-state index in [1.807, 2.05) is 24.3 Å². The van der Waals surface area contributed by atoms with Gasteiger partial charge in [-0.05, 0) is 55.3 Å². The van der Waals surface area contributed by atoms with Gasteiger partial charge in [0.25, 0.3) is 5.56 Å². The molecule has 7 heteroatoms. The van der Waals surface area contributed by atoms with Crippen LogP contribution in [0.25, 0.3) is 21.7 Å². The van der Waals surface area contributed by atoms with Crippen molar-refractivity contribution in [1.82, 2.24) is 19.7 Å². The topological polar surface area (TPSA) is 71.7 Å². The number of carbonyl (C=O) groups excluding carboxylic acids is 1. The summed E-state index contributed by atoms with van der Waals surface area (Å²) in [7, 11) is 0. The van der Waals surface area contributed by atoms with Crippen molar-refractivity contribution in [3.63, 3.8) is 0 Å². The van der Waals surface area contributed by atoms with Crippen LogP contribution in [-0.2, 0) is 11.2 Å². The number of piperazine rings is 1. The molecule has 1 aliphatic carbocycles. The molecule has 0 bridgehead atoms. The predicted octanol–water partition coefficient (Wildman–Crippen LogP) is 2.24. The summed E-state index contributed by atoms with van der Waals surface area (Å²) in [6.07, 6.45) is 3.43. The fourth-order valence-electron chi connectivity index (χ4n) is 5.80. The summed E-state index contributed by atoms with van der Waals surface area (Å²) in [6.45, 7) is 9.17. The van der Waals surface area contributed by atoms with E-state index < -0.39 is 0 Å². The first kappa shape index (κ1) is 20.8. The normalized spacial score (nSPS) is 19.3. The highest BCUT2D eigenvalue weighted by Crippen LogP contribution is 2.39. The smallest absolute Gasteiger partial charge is 0.256 e. The quantitative estimate of drug-likeness (QED) is 0.446. The lowest BCUT2D eigenvalue weighted by Crippen LogP contribution is -2.50. The molecule has 2 N–H and O–H groups in total. The number of hydrogen-bond acceptors (Lipinski definition) is 5. The SMILES string of the molecule is O=C(CN1CCN(CCN2CCCC2)CC1)Nc1ccc2[nH]c(=O)c3cccc4c3c2c1C4. The summed E-state index contributed by atoms with van der Waals surface area (Å²) in [4.78, 5) is 35.7. The van der Waals surface area contributed by atoms with E-state index in [1.165, 1.54) is 32.5 Å². The minimum absolute atomic E-state index is 0.0349. The van der Waals surface area contributed by atoms with Crippen LogP contribution in [0.15, 0.2) is 35.1 Å². The molecule has 0 unspecified atom stereocenters. The minimum Gasteiger partial charge on any atom is -0.325 e. The second-order valence-electron chi connectivity index (χ2n) is 9.70. The van der Waals surface area contributed by atoms with Crippen molar-refractivity contribution in [2.45, 2.75) is 19.3 Å². The Balaban J connectivity index is 1.10. The molecule has 3 heterocycles. The van der Waals surface area contributed by atoms with Crippen LogP contribution in [0.2, 0.25) is 0 Å². The number of carbonyl (C=O) groups is 1. The van der Waals surface area contributed by atoms with Crippen molar-refractivity contribution in [1.29, 1.82) is 0 Å². The van der Waals surface area contributed by atoms with Crippen LogP contribution in [0, 0.1) is 0 Å². The van der Waals surface area contributed by atoms with Gasteiger partial charge in [0.15, 0.2) is 0 Å². The molecule has 6 rings (SSSR count). The zero-order chi connectivity index (χ0) is 22.4. The van der Waals surface area contributed by atoms with Gasteiger partial charge in [0.2, 0.25) is 5.91 Å². The van der Waals surface area contributed by atoms with Crippen LogP contribution < -0.4 is 10.9 Å². The number of amides is 1. The van der Waals surface area contributed by atoms with Gasteiger partial charge in [-0.3, -0.25) is 19.4 Å². The molecule has 7 nitrogen and oxygen atoms in total. The van der Waals surface area contributed by atoms with Crippen LogP contribution in [0.1, 0.15) is 24.0 Å². The Kier molecular flexibility index (Phi) is 5.40. The first-order chi connectivity index (χ1) is 16.2. The molecule has 0 saturated carbocycles. The van der Waals surface area contributed by atoms with Crippen LogP contribution >= 0.6 is 0 Å². The van der Waals surface area contributed by atoms with Crippen LogP contribution in [0.4, 0.5) is 5.69 Å². The summed E-state index contributed by atoms with van der Waals surface area (Å²) >= 11 is 0. The number of rotatable bonds is 6. The second kappa shape index (κ2) is 8.56. The molecule has 2 aliphatic heterocycles. The van der Waals surface area contributed by atoms with E-state index in [9.17, 15) is 9.59 Å². The third-order valence-electron chi connectivity index (χ3n) is 7.61. The first-order valence-corrected chi connectivity index (χ1v) is 12.2. The Morgan fingerprint density at radius 1 is 0.879 bits per heavy atom. The van der Waals surface area contributed by atoms with Gasteiger partial charge in [-0.15, -0.1) is 0 Å². The molecule has 2 fully saturated rings. The number of hydrogen-bond donors (Lipinski definition) is 2. The number of nitrogens with zero attached hydrogens (tertiary/aromatic N) is 3. The second-order valence-corrected chi connectivity index (χ2v) is 9.70. The Bertz CT molecular complexity index is 1270. The molecular weight excluding hydrogens is 414 g/mol. The molecule has 2 saturated heterocycles. The maximum atomic E-state index is 12.9. The highest BCUT2D eigenvalue weighted by Gasteiger charge is 2.24. The van der Waals surface area contributed by atoms with Gasteiger partial charge in [-0.25, -0.2) is 0 Å². The summed E-state index contributed by atoms with van der Waals surface area (Å²) < 4.78 is 0. The van der Waals surface area contributed by atoms with Crippen molar-refractivity contribution in [2.24, 2.45) is 0 Å². The summed E-state index contributed by atoms with van der Waals surface area (Å²) in [5.74, 6) is 0.0349. The monoisotopic (exact) mass is 445 g/mol. The number of benzene rings is 2. The van der Waals surface area contributed by atoms with Crippen molar-refractivity contribution in [2.75, 3.05) is 64.2 Å². The highest BCUT2D eigenvalue weighted by atomic mass is 16.2. The third kappa shape index (κ3) is 3.94. The van der Waals surface area contributed by atoms with Gasteiger partial charge < -0.3 is 15.2 Å². The average molecular weight is 446 g/mol. The molecule has 1 amide bonds. The lowest BCUT2D eigenvalue weighted by atomic mass is 10.1. The Labute approximate surface area is 193 Å².